The van der Waals surface area contributed by atoms with E-state index in [1.54, 1.807) is 0 Å². The average molecular weight is 495 g/mol. The molecule has 1 saturated heterocycles. The van der Waals surface area contributed by atoms with Gasteiger partial charge in [0.15, 0.2) is 5.96 Å². The summed E-state index contributed by atoms with van der Waals surface area (Å²) in [6, 6.07) is 0. The van der Waals surface area contributed by atoms with Crippen LogP contribution in [0.25, 0.3) is 0 Å². The van der Waals surface area contributed by atoms with Gasteiger partial charge in [0.25, 0.3) is 0 Å². The van der Waals surface area contributed by atoms with E-state index in [1.165, 1.54) is 32.1 Å². The van der Waals surface area contributed by atoms with Crippen LogP contribution in [0.2, 0.25) is 0 Å². The zero-order valence-electron chi connectivity index (χ0n) is 17.8. The quantitative estimate of drug-likeness (QED) is 0.223. The number of guanidine groups is 1. The number of nitrogens with one attached hydrogen (secondary N) is 2. The minimum Gasteiger partial charge on any atom is -0.379 e. The highest BCUT2D eigenvalue weighted by molar-refractivity contribution is 14.0. The summed E-state index contributed by atoms with van der Waals surface area (Å²) < 4.78 is 5.58. The second-order valence-corrected chi connectivity index (χ2v) is 7.62. The lowest BCUT2D eigenvalue weighted by atomic mass is 9.80. The minimum atomic E-state index is 0. The van der Waals surface area contributed by atoms with Crippen molar-refractivity contribution in [3.8, 4) is 0 Å². The molecular weight excluding hydrogens is 453 g/mol. The molecule has 2 rings (SSSR count). The number of halogens is 1. The molecule has 0 aromatic heterocycles. The number of rotatable bonds is 9. The van der Waals surface area contributed by atoms with Crippen LogP contribution < -0.4 is 10.6 Å². The van der Waals surface area contributed by atoms with Crippen LogP contribution in [0, 0.1) is 0 Å². The van der Waals surface area contributed by atoms with Crippen molar-refractivity contribution < 1.29 is 4.74 Å². The molecule has 2 aliphatic rings. The fourth-order valence-corrected chi connectivity index (χ4v) is 4.37. The number of ether oxygens (including phenoxy) is 1. The maximum atomic E-state index is 5.58. The summed E-state index contributed by atoms with van der Waals surface area (Å²) in [5.41, 5.74) is 0.279. The van der Waals surface area contributed by atoms with Gasteiger partial charge in [0.05, 0.1) is 13.2 Å². The summed E-state index contributed by atoms with van der Waals surface area (Å²) >= 11 is 0. The summed E-state index contributed by atoms with van der Waals surface area (Å²) in [5, 5.41) is 7.14. The summed E-state index contributed by atoms with van der Waals surface area (Å²) in [6.07, 6.45) is 7.79. The Morgan fingerprint density at radius 2 is 1.74 bits per heavy atom. The Morgan fingerprint density at radius 1 is 1.07 bits per heavy atom. The molecule has 1 heterocycles. The highest BCUT2D eigenvalue weighted by atomic mass is 127. The molecule has 160 valence electrons. The third-order valence-electron chi connectivity index (χ3n) is 6.11. The van der Waals surface area contributed by atoms with Crippen molar-refractivity contribution in [3.05, 3.63) is 0 Å². The third kappa shape index (κ3) is 8.03. The van der Waals surface area contributed by atoms with Crippen molar-refractivity contribution in [2.75, 3.05) is 66.1 Å². The van der Waals surface area contributed by atoms with E-state index in [2.05, 4.69) is 39.3 Å². The normalized spacial score (nSPS) is 21.0. The largest absolute Gasteiger partial charge is 0.379 e. The van der Waals surface area contributed by atoms with Gasteiger partial charge < -0.3 is 20.3 Å². The number of hydrogen-bond acceptors (Lipinski definition) is 4. The first-order valence-corrected chi connectivity index (χ1v) is 10.7. The van der Waals surface area contributed by atoms with Gasteiger partial charge in [0.2, 0.25) is 0 Å². The topological polar surface area (TPSA) is 52.1 Å². The maximum absolute atomic E-state index is 5.58. The Bertz CT molecular complexity index is 405. The lowest BCUT2D eigenvalue weighted by molar-refractivity contribution is -0.0352. The van der Waals surface area contributed by atoms with E-state index >= 15 is 0 Å². The number of aliphatic imine (C=N–C) groups is 1. The predicted molar refractivity (Wildman–Crippen MR) is 125 cm³/mol. The van der Waals surface area contributed by atoms with Crippen LogP contribution in [-0.4, -0.2) is 87.4 Å². The lowest BCUT2D eigenvalue weighted by Crippen LogP contribution is -2.60. The SMILES string of the molecule is CCN(CC)CCCNC(=NC)NCC1(N2CCOCC2)CCCCC1.I. The molecule has 0 aromatic rings. The zero-order valence-corrected chi connectivity index (χ0v) is 20.1. The second-order valence-electron chi connectivity index (χ2n) is 7.62. The van der Waals surface area contributed by atoms with E-state index in [0.717, 1.165) is 71.4 Å². The van der Waals surface area contributed by atoms with E-state index in [1.807, 2.05) is 7.05 Å². The van der Waals surface area contributed by atoms with Crippen LogP contribution in [-0.2, 0) is 4.74 Å². The number of nitrogens with zero attached hydrogens (tertiary/aromatic N) is 3. The van der Waals surface area contributed by atoms with Gasteiger partial charge in [-0.1, -0.05) is 33.1 Å². The monoisotopic (exact) mass is 495 g/mol. The molecule has 0 spiro atoms. The lowest BCUT2D eigenvalue weighted by Gasteiger charge is -2.48. The van der Waals surface area contributed by atoms with Gasteiger partial charge in [-0.05, 0) is 38.9 Å². The molecule has 0 aromatic carbocycles. The molecule has 2 fully saturated rings. The highest BCUT2D eigenvalue weighted by Crippen LogP contribution is 2.33. The molecule has 2 N–H and O–H groups in total. The molecule has 1 aliphatic heterocycles. The molecule has 1 saturated carbocycles. The van der Waals surface area contributed by atoms with E-state index in [4.69, 9.17) is 4.74 Å². The van der Waals surface area contributed by atoms with E-state index in [0.29, 0.717) is 0 Å². The molecule has 27 heavy (non-hydrogen) atoms. The fourth-order valence-electron chi connectivity index (χ4n) is 4.37. The second kappa shape index (κ2) is 14.0. The van der Waals surface area contributed by atoms with Crippen LogP contribution in [0.5, 0.6) is 0 Å². The van der Waals surface area contributed by atoms with Gasteiger partial charge in [-0.15, -0.1) is 24.0 Å². The third-order valence-corrected chi connectivity index (χ3v) is 6.11. The smallest absolute Gasteiger partial charge is 0.191 e. The van der Waals surface area contributed by atoms with Crippen LogP contribution in [0.1, 0.15) is 52.4 Å². The highest BCUT2D eigenvalue weighted by Gasteiger charge is 2.38. The van der Waals surface area contributed by atoms with Crippen molar-refractivity contribution in [1.82, 2.24) is 20.4 Å². The molecule has 0 unspecified atom stereocenters. The first-order valence-electron chi connectivity index (χ1n) is 10.7. The van der Waals surface area contributed by atoms with Gasteiger partial charge in [-0.3, -0.25) is 9.89 Å². The average Bonchev–Trinajstić information content (AvgIpc) is 2.71. The van der Waals surface area contributed by atoms with Crippen molar-refractivity contribution in [2.45, 2.75) is 57.9 Å². The predicted octanol–water partition coefficient (Wildman–Crippen LogP) is 2.54. The van der Waals surface area contributed by atoms with Crippen LogP contribution in [0.4, 0.5) is 0 Å². The molecule has 1 aliphatic carbocycles. The van der Waals surface area contributed by atoms with Gasteiger partial charge in [0, 0.05) is 38.8 Å². The van der Waals surface area contributed by atoms with E-state index < -0.39 is 0 Å². The molecular formula is C20H42IN5O. The van der Waals surface area contributed by atoms with Crippen LogP contribution in [0.3, 0.4) is 0 Å². The molecule has 0 atom stereocenters. The van der Waals surface area contributed by atoms with Gasteiger partial charge in [-0.25, -0.2) is 0 Å². The van der Waals surface area contributed by atoms with Gasteiger partial charge in [0.1, 0.15) is 0 Å². The van der Waals surface area contributed by atoms with Gasteiger partial charge >= 0.3 is 0 Å². The van der Waals surface area contributed by atoms with Crippen LogP contribution in [0.15, 0.2) is 4.99 Å². The van der Waals surface area contributed by atoms with Gasteiger partial charge in [-0.2, -0.15) is 0 Å². The Morgan fingerprint density at radius 3 is 2.33 bits per heavy atom. The van der Waals surface area contributed by atoms with Crippen molar-refractivity contribution in [2.24, 2.45) is 4.99 Å². The summed E-state index contributed by atoms with van der Waals surface area (Å²) in [5.74, 6) is 0.947. The number of hydrogen-bond donors (Lipinski definition) is 2. The molecule has 6 nitrogen and oxygen atoms in total. The standard InChI is InChI=1S/C20H41N5O.HI/c1-4-24(5-2)13-9-12-22-19(21-3)23-18-20(10-7-6-8-11-20)25-14-16-26-17-15-25;/h4-18H2,1-3H3,(H2,21,22,23);1H. The minimum absolute atomic E-state index is 0. The Kier molecular flexibility index (Phi) is 12.9. The number of morpholine rings is 1. The molecule has 0 radical (unpaired) electrons. The fraction of sp³-hybridized carbons (Fsp3) is 0.950. The molecule has 0 bridgehead atoms. The summed E-state index contributed by atoms with van der Waals surface area (Å²) in [4.78, 5) is 9.59. The van der Waals surface area contributed by atoms with Crippen molar-refractivity contribution >= 4 is 29.9 Å². The first-order chi connectivity index (χ1) is 12.7. The summed E-state index contributed by atoms with van der Waals surface area (Å²) in [6.45, 7) is 13.7. The van der Waals surface area contributed by atoms with E-state index in [9.17, 15) is 0 Å². The van der Waals surface area contributed by atoms with E-state index in [-0.39, 0.29) is 29.5 Å². The Labute approximate surface area is 183 Å². The zero-order chi connectivity index (χ0) is 18.7. The van der Waals surface area contributed by atoms with Crippen LogP contribution >= 0.6 is 24.0 Å². The summed E-state index contributed by atoms with van der Waals surface area (Å²) in [7, 11) is 1.88. The Hall–Kier alpha value is -0.120. The Balaban J connectivity index is 0.00000364. The first kappa shape index (κ1) is 24.9. The molecule has 7 heteroatoms. The van der Waals surface area contributed by atoms with Crippen molar-refractivity contribution in [1.29, 1.82) is 0 Å². The van der Waals surface area contributed by atoms with Crippen molar-refractivity contribution in [3.63, 3.8) is 0 Å². The molecule has 0 amide bonds. The maximum Gasteiger partial charge on any atom is 0.191 e.